The predicted octanol–water partition coefficient (Wildman–Crippen LogP) is 2.89. The second kappa shape index (κ2) is 5.18. The number of anilines is 1. The maximum atomic E-state index is 12.5. The Morgan fingerprint density at radius 2 is 1.89 bits per heavy atom. The van der Waals surface area contributed by atoms with E-state index < -0.39 is 11.7 Å². The third-order valence-corrected chi connectivity index (χ3v) is 3.42. The largest absolute Gasteiger partial charge is 0.416 e. The van der Waals surface area contributed by atoms with Crippen molar-refractivity contribution >= 4 is 5.69 Å². The van der Waals surface area contributed by atoms with Crippen LogP contribution in [0.1, 0.15) is 18.4 Å². The van der Waals surface area contributed by atoms with Gasteiger partial charge in [-0.25, -0.2) is 0 Å². The summed E-state index contributed by atoms with van der Waals surface area (Å²) in [5.41, 5.74) is 0.234. The van der Waals surface area contributed by atoms with E-state index in [1.165, 1.54) is 12.1 Å². The number of halogens is 3. The highest BCUT2D eigenvalue weighted by Gasteiger charge is 2.30. The van der Waals surface area contributed by atoms with Gasteiger partial charge in [0.2, 0.25) is 0 Å². The first kappa shape index (κ1) is 13.2. The molecule has 2 rings (SSSR count). The molecule has 100 valence electrons. The lowest BCUT2D eigenvalue weighted by molar-refractivity contribution is -0.137. The molecular weight excluding hydrogens is 241 g/mol. The lowest BCUT2D eigenvalue weighted by Gasteiger charge is -2.33. The van der Waals surface area contributed by atoms with Gasteiger partial charge in [-0.3, -0.25) is 0 Å². The summed E-state index contributed by atoms with van der Waals surface area (Å²) < 4.78 is 37.4. The second-order valence-electron chi connectivity index (χ2n) is 4.66. The maximum absolute atomic E-state index is 12.5. The molecular formula is C13H17F3N2. The summed E-state index contributed by atoms with van der Waals surface area (Å²) >= 11 is 0. The van der Waals surface area contributed by atoms with Gasteiger partial charge in [0.25, 0.3) is 0 Å². The van der Waals surface area contributed by atoms with Crippen LogP contribution in [-0.4, -0.2) is 26.2 Å². The molecule has 0 bridgehead atoms. The third-order valence-electron chi connectivity index (χ3n) is 3.42. The molecule has 2 nitrogen and oxygen atoms in total. The molecule has 0 spiro atoms. The first-order valence-corrected chi connectivity index (χ1v) is 6.09. The fraction of sp³-hybridized carbons (Fsp3) is 0.538. The van der Waals surface area contributed by atoms with Crippen LogP contribution >= 0.6 is 0 Å². The minimum atomic E-state index is -4.26. The van der Waals surface area contributed by atoms with E-state index in [2.05, 4.69) is 5.32 Å². The average Bonchev–Trinajstić information content (AvgIpc) is 2.38. The van der Waals surface area contributed by atoms with Gasteiger partial charge in [0.05, 0.1) is 5.56 Å². The number of likely N-dealkylation sites (N-methyl/N-ethyl adjacent to an activating group) is 1. The Hall–Kier alpha value is -1.23. The van der Waals surface area contributed by atoms with E-state index in [1.807, 2.05) is 11.9 Å². The number of alkyl halides is 3. The molecule has 0 aliphatic carbocycles. The molecule has 5 heteroatoms. The van der Waals surface area contributed by atoms with Crippen molar-refractivity contribution in [1.82, 2.24) is 5.32 Å². The normalized spacial score (nSPS) is 20.8. The van der Waals surface area contributed by atoms with Crippen molar-refractivity contribution in [3.05, 3.63) is 29.8 Å². The van der Waals surface area contributed by atoms with Gasteiger partial charge in [0.15, 0.2) is 0 Å². The summed E-state index contributed by atoms with van der Waals surface area (Å²) in [6, 6.07) is 5.72. The van der Waals surface area contributed by atoms with Crippen molar-refractivity contribution in [2.24, 2.45) is 0 Å². The molecule has 0 amide bonds. The fourth-order valence-electron chi connectivity index (χ4n) is 2.26. The first-order chi connectivity index (χ1) is 8.48. The van der Waals surface area contributed by atoms with E-state index in [9.17, 15) is 13.2 Å². The summed E-state index contributed by atoms with van der Waals surface area (Å²) in [6.07, 6.45) is -2.08. The highest BCUT2D eigenvalue weighted by atomic mass is 19.4. The molecule has 1 N–H and O–H groups in total. The summed E-state index contributed by atoms with van der Waals surface area (Å²) in [6.45, 7) is 1.91. The van der Waals surface area contributed by atoms with Gasteiger partial charge in [0, 0.05) is 25.3 Å². The van der Waals surface area contributed by atoms with E-state index in [4.69, 9.17) is 0 Å². The molecule has 1 heterocycles. The summed E-state index contributed by atoms with van der Waals surface area (Å²) in [7, 11) is 1.93. The Balaban J connectivity index is 2.09. The standard InChI is InChI=1S/C13H17F3N2/c1-18(12-3-2-8-17-9-12)11-6-4-10(5-7-11)13(14,15)16/h4-7,12,17H,2-3,8-9H2,1H3. The number of hydrogen-bond acceptors (Lipinski definition) is 2. The zero-order valence-electron chi connectivity index (χ0n) is 10.3. The van der Waals surface area contributed by atoms with Crippen molar-refractivity contribution in [1.29, 1.82) is 0 Å². The zero-order valence-corrected chi connectivity index (χ0v) is 10.3. The van der Waals surface area contributed by atoms with Gasteiger partial charge in [-0.1, -0.05) is 0 Å². The van der Waals surface area contributed by atoms with Crippen molar-refractivity contribution in [3.63, 3.8) is 0 Å². The molecule has 1 aliphatic heterocycles. The van der Waals surface area contributed by atoms with E-state index in [0.717, 1.165) is 43.8 Å². The molecule has 1 aromatic carbocycles. The molecule has 1 aliphatic rings. The van der Waals surface area contributed by atoms with Crippen LogP contribution in [0.25, 0.3) is 0 Å². The number of benzene rings is 1. The first-order valence-electron chi connectivity index (χ1n) is 6.09. The summed E-state index contributed by atoms with van der Waals surface area (Å²) in [4.78, 5) is 2.05. The minimum absolute atomic E-state index is 0.357. The highest BCUT2D eigenvalue weighted by molar-refractivity contribution is 5.48. The molecule has 0 aromatic heterocycles. The van der Waals surface area contributed by atoms with Gasteiger partial charge >= 0.3 is 6.18 Å². The van der Waals surface area contributed by atoms with Crippen molar-refractivity contribution in [2.75, 3.05) is 25.0 Å². The van der Waals surface area contributed by atoms with Crippen LogP contribution in [0, 0.1) is 0 Å². The maximum Gasteiger partial charge on any atom is 0.416 e. The Morgan fingerprint density at radius 1 is 1.22 bits per heavy atom. The van der Waals surface area contributed by atoms with Gasteiger partial charge < -0.3 is 10.2 Å². The van der Waals surface area contributed by atoms with Crippen LogP contribution in [0.4, 0.5) is 18.9 Å². The van der Waals surface area contributed by atoms with E-state index in [-0.39, 0.29) is 0 Å². The Bertz CT molecular complexity index is 380. The van der Waals surface area contributed by atoms with Crippen LogP contribution in [-0.2, 0) is 6.18 Å². The van der Waals surface area contributed by atoms with Crippen LogP contribution in [0.3, 0.4) is 0 Å². The Kier molecular flexibility index (Phi) is 3.80. The smallest absolute Gasteiger partial charge is 0.370 e. The molecule has 0 saturated carbocycles. The molecule has 1 saturated heterocycles. The number of nitrogens with zero attached hydrogens (tertiary/aromatic N) is 1. The lowest BCUT2D eigenvalue weighted by Crippen LogP contribution is -2.44. The van der Waals surface area contributed by atoms with Gasteiger partial charge in [-0.05, 0) is 43.7 Å². The minimum Gasteiger partial charge on any atom is -0.370 e. The van der Waals surface area contributed by atoms with Gasteiger partial charge in [0.1, 0.15) is 0 Å². The number of nitrogens with one attached hydrogen (secondary N) is 1. The predicted molar refractivity (Wildman–Crippen MR) is 65.7 cm³/mol. The molecule has 1 atom stereocenters. The number of piperidine rings is 1. The van der Waals surface area contributed by atoms with E-state index in [1.54, 1.807) is 0 Å². The van der Waals surface area contributed by atoms with Gasteiger partial charge in [-0.2, -0.15) is 13.2 Å². The van der Waals surface area contributed by atoms with Crippen LogP contribution in [0.5, 0.6) is 0 Å². The summed E-state index contributed by atoms with van der Waals surface area (Å²) in [5.74, 6) is 0. The SMILES string of the molecule is CN(c1ccc(C(F)(F)F)cc1)C1CCCNC1. The van der Waals surface area contributed by atoms with E-state index >= 15 is 0 Å². The Labute approximate surface area is 105 Å². The van der Waals surface area contributed by atoms with E-state index in [0.29, 0.717) is 6.04 Å². The molecule has 1 unspecified atom stereocenters. The van der Waals surface area contributed by atoms with Crippen molar-refractivity contribution in [2.45, 2.75) is 25.1 Å². The van der Waals surface area contributed by atoms with Crippen LogP contribution in [0.2, 0.25) is 0 Å². The quantitative estimate of drug-likeness (QED) is 0.877. The van der Waals surface area contributed by atoms with Crippen molar-refractivity contribution in [3.8, 4) is 0 Å². The Morgan fingerprint density at radius 3 is 2.39 bits per heavy atom. The fourth-order valence-corrected chi connectivity index (χ4v) is 2.26. The lowest BCUT2D eigenvalue weighted by atomic mass is 10.1. The van der Waals surface area contributed by atoms with Gasteiger partial charge in [-0.15, -0.1) is 0 Å². The van der Waals surface area contributed by atoms with Crippen LogP contribution in [0.15, 0.2) is 24.3 Å². The molecule has 1 aromatic rings. The third kappa shape index (κ3) is 2.96. The van der Waals surface area contributed by atoms with Crippen LogP contribution < -0.4 is 10.2 Å². The van der Waals surface area contributed by atoms with Crippen molar-refractivity contribution < 1.29 is 13.2 Å². The second-order valence-corrected chi connectivity index (χ2v) is 4.66. The topological polar surface area (TPSA) is 15.3 Å². The summed E-state index contributed by atoms with van der Waals surface area (Å²) in [5, 5.41) is 3.30. The molecule has 1 fully saturated rings. The molecule has 0 radical (unpaired) electrons. The monoisotopic (exact) mass is 258 g/mol. The number of hydrogen-bond donors (Lipinski definition) is 1. The highest BCUT2D eigenvalue weighted by Crippen LogP contribution is 2.30. The zero-order chi connectivity index (χ0) is 13.2. The molecule has 18 heavy (non-hydrogen) atoms. The average molecular weight is 258 g/mol. The number of rotatable bonds is 2.